The lowest BCUT2D eigenvalue weighted by atomic mass is 10.1. The molecular formula is C20H19FN2O4. The first-order valence-electron chi connectivity index (χ1n) is 8.42. The Balaban J connectivity index is 2.03. The first kappa shape index (κ1) is 18.6. The summed E-state index contributed by atoms with van der Waals surface area (Å²) < 4.78 is 15.7. The van der Waals surface area contributed by atoms with E-state index in [0.717, 1.165) is 10.9 Å². The predicted octanol–water partition coefficient (Wildman–Crippen LogP) is 2.39. The quantitative estimate of drug-likeness (QED) is 0.621. The molecule has 0 aliphatic heterocycles. The number of carbonyl (C=O) groups excluding carboxylic acids is 1. The minimum Gasteiger partial charge on any atom is -0.480 e. The zero-order valence-corrected chi connectivity index (χ0v) is 14.6. The summed E-state index contributed by atoms with van der Waals surface area (Å²) in [6.45, 7) is 1.39. The smallest absolute Gasteiger partial charge is 0.328 e. The molecule has 7 heteroatoms. The fraction of sp³-hybridized carbons (Fsp3) is 0.200. The molecule has 0 aliphatic rings. The molecule has 140 valence electrons. The number of amides is 1. The Kier molecular flexibility index (Phi) is 5.23. The van der Waals surface area contributed by atoms with Crippen LogP contribution in [0, 0.1) is 5.82 Å². The number of aliphatic carboxylic acids is 1. The fourth-order valence-corrected chi connectivity index (χ4v) is 2.97. The van der Waals surface area contributed by atoms with Crippen molar-refractivity contribution in [1.29, 1.82) is 0 Å². The van der Waals surface area contributed by atoms with Crippen molar-refractivity contribution in [1.82, 2.24) is 9.88 Å². The van der Waals surface area contributed by atoms with Gasteiger partial charge in [-0.3, -0.25) is 4.79 Å². The van der Waals surface area contributed by atoms with Crippen molar-refractivity contribution in [3.05, 3.63) is 71.7 Å². The molecule has 3 N–H and O–H groups in total. The largest absolute Gasteiger partial charge is 0.480 e. The van der Waals surface area contributed by atoms with Gasteiger partial charge in [0.2, 0.25) is 0 Å². The van der Waals surface area contributed by atoms with Gasteiger partial charge in [-0.05, 0) is 25.1 Å². The van der Waals surface area contributed by atoms with E-state index in [1.165, 1.54) is 13.0 Å². The number of hydrogen-bond donors (Lipinski definition) is 3. The number of para-hydroxylation sites is 1. The summed E-state index contributed by atoms with van der Waals surface area (Å²) in [5.74, 6) is -2.39. The van der Waals surface area contributed by atoms with Crippen molar-refractivity contribution in [2.24, 2.45) is 0 Å². The molecule has 6 nitrogen and oxygen atoms in total. The summed E-state index contributed by atoms with van der Waals surface area (Å²) in [5, 5.41) is 21.9. The Hall–Kier alpha value is -3.19. The molecule has 0 radical (unpaired) electrons. The Bertz CT molecular complexity index is 997. The van der Waals surface area contributed by atoms with Crippen LogP contribution in [0.4, 0.5) is 4.39 Å². The number of aliphatic hydroxyl groups is 1. The third-order valence-corrected chi connectivity index (χ3v) is 4.36. The molecule has 27 heavy (non-hydrogen) atoms. The number of fused-ring (bicyclic) bond motifs is 1. The van der Waals surface area contributed by atoms with Crippen molar-refractivity contribution in [3.63, 3.8) is 0 Å². The molecule has 0 fully saturated rings. The van der Waals surface area contributed by atoms with Crippen molar-refractivity contribution in [2.75, 3.05) is 0 Å². The molecule has 0 spiro atoms. The Labute approximate surface area is 154 Å². The number of nitrogens with zero attached hydrogens (tertiary/aromatic N) is 1. The van der Waals surface area contributed by atoms with E-state index >= 15 is 0 Å². The van der Waals surface area contributed by atoms with Gasteiger partial charge >= 0.3 is 5.97 Å². The van der Waals surface area contributed by atoms with Crippen LogP contribution in [0.15, 0.2) is 54.6 Å². The molecule has 0 aliphatic carbocycles. The lowest BCUT2D eigenvalue weighted by molar-refractivity contribution is -0.141. The molecule has 1 amide bonds. The number of aliphatic hydroxyl groups excluding tert-OH is 1. The predicted molar refractivity (Wildman–Crippen MR) is 98.0 cm³/mol. The second kappa shape index (κ2) is 7.59. The Morgan fingerprint density at radius 3 is 2.48 bits per heavy atom. The number of halogens is 1. The van der Waals surface area contributed by atoms with Gasteiger partial charge in [-0.1, -0.05) is 36.4 Å². The van der Waals surface area contributed by atoms with Crippen LogP contribution >= 0.6 is 0 Å². The molecule has 3 rings (SSSR count). The molecule has 0 saturated carbocycles. The SMILES string of the molecule is CC(O)C(NC(=O)c1cc2ccccc2n1Cc1ccccc1F)C(=O)O. The molecular weight excluding hydrogens is 351 g/mol. The van der Waals surface area contributed by atoms with E-state index in [4.69, 9.17) is 0 Å². The van der Waals surface area contributed by atoms with Gasteiger partial charge in [0, 0.05) is 16.5 Å². The van der Waals surface area contributed by atoms with Gasteiger partial charge in [0.1, 0.15) is 11.5 Å². The highest BCUT2D eigenvalue weighted by molar-refractivity contribution is 6.00. The zero-order valence-electron chi connectivity index (χ0n) is 14.6. The number of carbonyl (C=O) groups is 2. The zero-order chi connectivity index (χ0) is 19.6. The third kappa shape index (κ3) is 3.83. The van der Waals surface area contributed by atoms with Crippen LogP contribution in [-0.4, -0.2) is 38.8 Å². The van der Waals surface area contributed by atoms with Crippen LogP contribution in [0.3, 0.4) is 0 Å². The topological polar surface area (TPSA) is 91.6 Å². The summed E-state index contributed by atoms with van der Waals surface area (Å²) in [5.41, 5.74) is 1.30. The van der Waals surface area contributed by atoms with E-state index in [1.807, 2.05) is 12.1 Å². The molecule has 2 aromatic carbocycles. The highest BCUT2D eigenvalue weighted by Gasteiger charge is 2.27. The Morgan fingerprint density at radius 2 is 1.81 bits per heavy atom. The second-order valence-corrected chi connectivity index (χ2v) is 6.30. The van der Waals surface area contributed by atoms with E-state index < -0.39 is 29.8 Å². The number of benzene rings is 2. The molecule has 2 unspecified atom stereocenters. The highest BCUT2D eigenvalue weighted by Crippen LogP contribution is 2.22. The molecule has 2 atom stereocenters. The van der Waals surface area contributed by atoms with Crippen LogP contribution in [0.5, 0.6) is 0 Å². The minimum atomic E-state index is -1.45. The van der Waals surface area contributed by atoms with Gasteiger partial charge in [-0.25, -0.2) is 9.18 Å². The van der Waals surface area contributed by atoms with Crippen molar-refractivity contribution in [3.8, 4) is 0 Å². The summed E-state index contributed by atoms with van der Waals surface area (Å²) in [7, 11) is 0. The van der Waals surface area contributed by atoms with Gasteiger partial charge < -0.3 is 20.1 Å². The lowest BCUT2D eigenvalue weighted by Crippen LogP contribution is -2.48. The number of hydrogen-bond acceptors (Lipinski definition) is 3. The van der Waals surface area contributed by atoms with E-state index in [1.54, 1.807) is 41.0 Å². The average Bonchev–Trinajstić information content (AvgIpc) is 2.99. The van der Waals surface area contributed by atoms with Gasteiger partial charge in [-0.2, -0.15) is 0 Å². The number of carboxylic acid groups (broad SMARTS) is 1. The molecule has 1 heterocycles. The van der Waals surface area contributed by atoms with Crippen molar-refractivity contribution >= 4 is 22.8 Å². The van der Waals surface area contributed by atoms with Crippen molar-refractivity contribution in [2.45, 2.75) is 25.6 Å². The normalized spacial score (nSPS) is 13.3. The number of rotatable bonds is 6. The number of carboxylic acids is 1. The maximum atomic E-state index is 14.1. The van der Waals surface area contributed by atoms with E-state index in [2.05, 4.69) is 5.32 Å². The Morgan fingerprint density at radius 1 is 1.15 bits per heavy atom. The summed E-state index contributed by atoms with van der Waals surface area (Å²) >= 11 is 0. The van der Waals surface area contributed by atoms with Crippen LogP contribution in [-0.2, 0) is 11.3 Å². The second-order valence-electron chi connectivity index (χ2n) is 6.30. The van der Waals surface area contributed by atoms with Crippen LogP contribution in [0.2, 0.25) is 0 Å². The number of aromatic nitrogens is 1. The standard InChI is InChI=1S/C20H19FN2O4/c1-12(24)18(20(26)27)22-19(25)17-10-13-6-3-5-9-16(13)23(17)11-14-7-2-4-8-15(14)21/h2-10,12,18,24H,11H2,1H3,(H,22,25)(H,26,27). The van der Waals surface area contributed by atoms with Gasteiger partial charge in [0.05, 0.1) is 12.6 Å². The first-order valence-corrected chi connectivity index (χ1v) is 8.42. The van der Waals surface area contributed by atoms with Gasteiger partial charge in [0.15, 0.2) is 6.04 Å². The third-order valence-electron chi connectivity index (χ3n) is 4.36. The summed E-state index contributed by atoms with van der Waals surface area (Å²) in [4.78, 5) is 24.0. The van der Waals surface area contributed by atoms with E-state index in [-0.39, 0.29) is 12.2 Å². The van der Waals surface area contributed by atoms with E-state index in [9.17, 15) is 24.2 Å². The van der Waals surface area contributed by atoms with Crippen LogP contribution < -0.4 is 5.32 Å². The lowest BCUT2D eigenvalue weighted by Gasteiger charge is -2.18. The van der Waals surface area contributed by atoms with Gasteiger partial charge in [-0.15, -0.1) is 0 Å². The molecule has 3 aromatic rings. The summed E-state index contributed by atoms with van der Waals surface area (Å²) in [6.07, 6.45) is -1.27. The highest BCUT2D eigenvalue weighted by atomic mass is 19.1. The monoisotopic (exact) mass is 370 g/mol. The number of nitrogens with one attached hydrogen (secondary N) is 1. The molecule has 1 aromatic heterocycles. The molecule has 0 saturated heterocycles. The van der Waals surface area contributed by atoms with E-state index in [0.29, 0.717) is 5.56 Å². The molecule has 0 bridgehead atoms. The first-order chi connectivity index (χ1) is 12.9. The fourth-order valence-electron chi connectivity index (χ4n) is 2.97. The maximum Gasteiger partial charge on any atom is 0.328 e. The maximum absolute atomic E-state index is 14.1. The van der Waals surface area contributed by atoms with Crippen LogP contribution in [0.1, 0.15) is 23.0 Å². The van der Waals surface area contributed by atoms with Gasteiger partial charge in [0.25, 0.3) is 5.91 Å². The van der Waals surface area contributed by atoms with Crippen molar-refractivity contribution < 1.29 is 24.2 Å². The minimum absolute atomic E-state index is 0.107. The summed E-state index contributed by atoms with van der Waals surface area (Å²) in [6, 6.07) is 13.7. The average molecular weight is 370 g/mol. The van der Waals surface area contributed by atoms with Crippen LogP contribution in [0.25, 0.3) is 10.9 Å².